The minimum Gasteiger partial charge on any atom is -0.339 e. The van der Waals surface area contributed by atoms with E-state index in [1.807, 2.05) is 12.1 Å². The summed E-state index contributed by atoms with van der Waals surface area (Å²) in [6.07, 6.45) is 2.45. The van der Waals surface area contributed by atoms with Gasteiger partial charge in [-0.05, 0) is 40.0 Å². The Labute approximate surface area is 114 Å². The van der Waals surface area contributed by atoms with Gasteiger partial charge in [0.15, 0.2) is 5.82 Å². The third-order valence-electron chi connectivity index (χ3n) is 2.52. The summed E-state index contributed by atoms with van der Waals surface area (Å²) in [6.45, 7) is 2.12. The molecule has 1 aromatic heterocycles. The fourth-order valence-electron chi connectivity index (χ4n) is 1.56. The van der Waals surface area contributed by atoms with Gasteiger partial charge < -0.3 is 10.7 Å². The maximum Gasteiger partial charge on any atom is 0.159 e. The minimum atomic E-state index is 0.541. The van der Waals surface area contributed by atoms with Gasteiger partial charge in [-0.2, -0.15) is 0 Å². The number of aromatic nitrogens is 2. The summed E-state index contributed by atoms with van der Waals surface area (Å²) in [5, 5.41) is 3.23. The first-order valence-electron chi connectivity index (χ1n) is 5.57. The van der Waals surface area contributed by atoms with Crippen LogP contribution < -0.4 is 16.6 Å². The Morgan fingerprint density at radius 3 is 2.78 bits per heavy atom. The maximum atomic E-state index is 5.36. The average Bonchev–Trinajstić information content (AvgIpc) is 2.41. The maximum absolute atomic E-state index is 5.36. The van der Waals surface area contributed by atoms with Gasteiger partial charge in [0.25, 0.3) is 0 Å². The first-order valence-corrected chi connectivity index (χ1v) is 6.37. The molecule has 2 aromatic rings. The third-order valence-corrected chi connectivity index (χ3v) is 3.28. The van der Waals surface area contributed by atoms with Crippen molar-refractivity contribution in [1.82, 2.24) is 9.97 Å². The molecule has 1 heterocycles. The zero-order valence-electron chi connectivity index (χ0n) is 9.94. The summed E-state index contributed by atoms with van der Waals surface area (Å²) in [5.74, 6) is 6.57. The number of anilines is 3. The zero-order valence-corrected chi connectivity index (χ0v) is 11.5. The van der Waals surface area contributed by atoms with Crippen LogP contribution in [0.3, 0.4) is 0 Å². The summed E-state index contributed by atoms with van der Waals surface area (Å²) >= 11 is 3.40. The van der Waals surface area contributed by atoms with E-state index in [-0.39, 0.29) is 0 Å². The van der Waals surface area contributed by atoms with E-state index in [2.05, 4.69) is 55.7 Å². The molecule has 4 N–H and O–H groups in total. The van der Waals surface area contributed by atoms with Gasteiger partial charge in [0.05, 0.1) is 0 Å². The van der Waals surface area contributed by atoms with Crippen LogP contribution in [0.1, 0.15) is 12.5 Å². The lowest BCUT2D eigenvalue weighted by Crippen LogP contribution is -2.10. The van der Waals surface area contributed by atoms with Gasteiger partial charge in [-0.1, -0.05) is 19.1 Å². The Hall–Kier alpha value is -1.66. The Balaban J connectivity index is 2.28. The highest BCUT2D eigenvalue weighted by molar-refractivity contribution is 9.10. The second-order valence-corrected chi connectivity index (χ2v) is 4.50. The molecule has 0 aliphatic heterocycles. The molecule has 1 aromatic carbocycles. The second kappa shape index (κ2) is 5.79. The summed E-state index contributed by atoms with van der Waals surface area (Å²) in [6, 6.07) is 8.18. The molecule has 0 bridgehead atoms. The fourth-order valence-corrected chi connectivity index (χ4v) is 1.98. The number of nitrogens with two attached hydrogens (primary N) is 1. The predicted molar refractivity (Wildman–Crippen MR) is 76.6 cm³/mol. The average molecular weight is 308 g/mol. The lowest BCUT2D eigenvalue weighted by atomic mass is 10.1. The van der Waals surface area contributed by atoms with Crippen LogP contribution in [0.15, 0.2) is 35.1 Å². The number of hydrazine groups is 1. The molecule has 5 nitrogen and oxygen atoms in total. The van der Waals surface area contributed by atoms with E-state index in [0.29, 0.717) is 16.1 Å². The molecule has 0 saturated carbocycles. The van der Waals surface area contributed by atoms with E-state index in [1.54, 1.807) is 0 Å². The van der Waals surface area contributed by atoms with Crippen molar-refractivity contribution in [3.05, 3.63) is 40.6 Å². The topological polar surface area (TPSA) is 75.9 Å². The van der Waals surface area contributed by atoms with Gasteiger partial charge in [0, 0.05) is 5.69 Å². The zero-order chi connectivity index (χ0) is 13.0. The number of hydrogen-bond donors (Lipinski definition) is 3. The minimum absolute atomic E-state index is 0.541. The molecule has 2 rings (SSSR count). The van der Waals surface area contributed by atoms with Crippen LogP contribution in [-0.2, 0) is 6.42 Å². The predicted octanol–water partition coefficient (Wildman–Crippen LogP) is 2.83. The summed E-state index contributed by atoms with van der Waals surface area (Å²) in [4.78, 5) is 8.17. The SMILES string of the molecule is CCc1cccc(Nc2ncnc(NN)c2Br)c1. The molecule has 0 saturated heterocycles. The van der Waals surface area contributed by atoms with Gasteiger partial charge >= 0.3 is 0 Å². The highest BCUT2D eigenvalue weighted by atomic mass is 79.9. The number of nitrogen functional groups attached to an aromatic ring is 1. The molecular formula is C12H14BrN5. The van der Waals surface area contributed by atoms with Crippen molar-refractivity contribution in [2.24, 2.45) is 5.84 Å². The van der Waals surface area contributed by atoms with Crippen molar-refractivity contribution >= 4 is 33.3 Å². The molecule has 0 aliphatic carbocycles. The molecule has 94 valence electrons. The number of nitrogens with zero attached hydrogens (tertiary/aromatic N) is 2. The summed E-state index contributed by atoms with van der Waals surface area (Å²) < 4.78 is 0.703. The quantitative estimate of drug-likeness (QED) is 0.598. The van der Waals surface area contributed by atoms with E-state index in [1.165, 1.54) is 11.9 Å². The second-order valence-electron chi connectivity index (χ2n) is 3.71. The summed E-state index contributed by atoms with van der Waals surface area (Å²) in [5.41, 5.74) is 4.76. The van der Waals surface area contributed by atoms with E-state index < -0.39 is 0 Å². The molecule has 0 amide bonds. The molecule has 0 unspecified atom stereocenters. The number of halogens is 1. The molecule has 0 atom stereocenters. The Kier molecular flexibility index (Phi) is 4.11. The Morgan fingerprint density at radius 1 is 1.28 bits per heavy atom. The lowest BCUT2D eigenvalue weighted by molar-refractivity contribution is 1.12. The Bertz CT molecular complexity index is 544. The molecule has 0 spiro atoms. The van der Waals surface area contributed by atoms with Crippen molar-refractivity contribution < 1.29 is 0 Å². The van der Waals surface area contributed by atoms with Crippen LogP contribution in [0.25, 0.3) is 0 Å². The normalized spacial score (nSPS) is 10.2. The molecule has 0 radical (unpaired) electrons. The van der Waals surface area contributed by atoms with Gasteiger partial charge in [-0.15, -0.1) is 0 Å². The monoisotopic (exact) mass is 307 g/mol. The van der Waals surface area contributed by atoms with Gasteiger partial charge in [-0.3, -0.25) is 0 Å². The molecule has 0 fully saturated rings. The summed E-state index contributed by atoms with van der Waals surface area (Å²) in [7, 11) is 0. The number of hydrogen-bond acceptors (Lipinski definition) is 5. The first kappa shape index (κ1) is 12.8. The fraction of sp³-hybridized carbons (Fsp3) is 0.167. The standard InChI is InChI=1S/C12H14BrN5/c1-2-8-4-3-5-9(6-8)17-11-10(13)12(18-14)16-7-15-11/h3-7H,2,14H2,1H3,(H2,15,16,17,18). The van der Waals surface area contributed by atoms with Crippen LogP contribution in [0, 0.1) is 0 Å². The van der Waals surface area contributed by atoms with Crippen molar-refractivity contribution in [1.29, 1.82) is 0 Å². The molecule has 18 heavy (non-hydrogen) atoms. The van der Waals surface area contributed by atoms with Crippen LogP contribution in [0.5, 0.6) is 0 Å². The largest absolute Gasteiger partial charge is 0.339 e. The van der Waals surface area contributed by atoms with Crippen molar-refractivity contribution in [2.75, 3.05) is 10.7 Å². The van der Waals surface area contributed by atoms with E-state index in [9.17, 15) is 0 Å². The smallest absolute Gasteiger partial charge is 0.159 e. The van der Waals surface area contributed by atoms with Crippen LogP contribution in [0.2, 0.25) is 0 Å². The highest BCUT2D eigenvalue weighted by Crippen LogP contribution is 2.28. The Morgan fingerprint density at radius 2 is 2.06 bits per heavy atom. The van der Waals surface area contributed by atoms with Crippen LogP contribution in [0.4, 0.5) is 17.3 Å². The van der Waals surface area contributed by atoms with E-state index in [0.717, 1.165) is 12.1 Å². The molecule has 0 aliphatic rings. The van der Waals surface area contributed by atoms with Gasteiger partial charge in [0.2, 0.25) is 0 Å². The van der Waals surface area contributed by atoms with Crippen LogP contribution in [-0.4, -0.2) is 9.97 Å². The number of benzene rings is 1. The van der Waals surface area contributed by atoms with E-state index >= 15 is 0 Å². The number of nitrogens with one attached hydrogen (secondary N) is 2. The number of rotatable bonds is 4. The van der Waals surface area contributed by atoms with Crippen molar-refractivity contribution in [2.45, 2.75) is 13.3 Å². The molecular weight excluding hydrogens is 294 g/mol. The third kappa shape index (κ3) is 2.77. The lowest BCUT2D eigenvalue weighted by Gasteiger charge is -2.10. The molecule has 6 heteroatoms. The number of aryl methyl sites for hydroxylation is 1. The highest BCUT2D eigenvalue weighted by Gasteiger charge is 2.07. The van der Waals surface area contributed by atoms with E-state index in [4.69, 9.17) is 5.84 Å². The van der Waals surface area contributed by atoms with Crippen LogP contribution >= 0.6 is 15.9 Å². The first-order chi connectivity index (χ1) is 8.74. The van der Waals surface area contributed by atoms with Gasteiger partial charge in [-0.25, -0.2) is 15.8 Å². The van der Waals surface area contributed by atoms with Crippen molar-refractivity contribution in [3.63, 3.8) is 0 Å². The van der Waals surface area contributed by atoms with Crippen molar-refractivity contribution in [3.8, 4) is 0 Å². The van der Waals surface area contributed by atoms with Gasteiger partial charge in [0.1, 0.15) is 16.6 Å².